The van der Waals surface area contributed by atoms with Gasteiger partial charge in [-0.25, -0.2) is 8.42 Å². The first-order chi connectivity index (χ1) is 8.90. The fraction of sp³-hybridized carbons (Fsp3) is 0.100. The van der Waals surface area contributed by atoms with Crippen LogP contribution in [-0.4, -0.2) is 18.5 Å². The average Bonchev–Trinajstić information content (AvgIpc) is 2.74. The molecule has 0 amide bonds. The Morgan fingerprint density at radius 3 is 2.63 bits per heavy atom. The lowest BCUT2D eigenvalue weighted by molar-refractivity contribution is -0.387. The third-order valence-electron chi connectivity index (χ3n) is 2.17. The minimum Gasteiger partial charge on any atom is -0.460 e. The summed E-state index contributed by atoms with van der Waals surface area (Å²) in [6, 6.07) is 6.27. The highest BCUT2D eigenvalue weighted by molar-refractivity contribution is 7.94. The number of nitro groups is 1. The summed E-state index contributed by atoms with van der Waals surface area (Å²) in [5, 5.41) is 14.2. The average molecular weight is 282 g/mol. The number of hydrogen-bond donors (Lipinski definition) is 0. The van der Waals surface area contributed by atoms with E-state index in [1.165, 1.54) is 18.2 Å². The summed E-state index contributed by atoms with van der Waals surface area (Å²) in [6.45, 7) is 1.57. The summed E-state index contributed by atoms with van der Waals surface area (Å²) in [4.78, 5) is 9.52. The molecule has 0 N–H and O–H groups in total. The molecule has 8 nitrogen and oxygen atoms in total. The van der Waals surface area contributed by atoms with Crippen molar-refractivity contribution in [1.82, 2.24) is 5.16 Å². The smallest absolute Gasteiger partial charge is 0.288 e. The minimum absolute atomic E-state index is 0.157. The van der Waals surface area contributed by atoms with Crippen LogP contribution < -0.4 is 0 Å². The topological polar surface area (TPSA) is 117 Å². The SMILES string of the molecule is Cc1cc([N-]S(=O)(=O)c2ccccc2[N+](=O)[O-])no1. The molecule has 2 aromatic rings. The summed E-state index contributed by atoms with van der Waals surface area (Å²) >= 11 is 0. The minimum atomic E-state index is -4.21. The van der Waals surface area contributed by atoms with Gasteiger partial charge in [0.2, 0.25) is 10.0 Å². The Labute approximate surface area is 108 Å². The van der Waals surface area contributed by atoms with E-state index in [-0.39, 0.29) is 5.82 Å². The molecule has 0 fully saturated rings. The van der Waals surface area contributed by atoms with Gasteiger partial charge >= 0.3 is 0 Å². The zero-order valence-corrected chi connectivity index (χ0v) is 10.5. The fourth-order valence-corrected chi connectivity index (χ4v) is 2.48. The van der Waals surface area contributed by atoms with Crippen LogP contribution in [0.4, 0.5) is 11.5 Å². The van der Waals surface area contributed by atoms with Gasteiger partial charge in [0.15, 0.2) is 0 Å². The van der Waals surface area contributed by atoms with Gasteiger partial charge in [-0.2, -0.15) is 0 Å². The van der Waals surface area contributed by atoms with Gasteiger partial charge in [0.25, 0.3) is 5.69 Å². The summed E-state index contributed by atoms with van der Waals surface area (Å²) in [6.07, 6.45) is 0. The van der Waals surface area contributed by atoms with E-state index < -0.39 is 25.5 Å². The second kappa shape index (κ2) is 4.69. The first-order valence-corrected chi connectivity index (χ1v) is 6.49. The Balaban J connectivity index is 2.43. The number of hydrogen-bond acceptors (Lipinski definition) is 6. The Morgan fingerprint density at radius 1 is 1.37 bits per heavy atom. The molecule has 100 valence electrons. The van der Waals surface area contributed by atoms with Crippen molar-refractivity contribution >= 4 is 21.5 Å². The van der Waals surface area contributed by atoms with Crippen LogP contribution in [0.5, 0.6) is 0 Å². The summed E-state index contributed by atoms with van der Waals surface area (Å²) in [5.41, 5.74) is -0.536. The lowest BCUT2D eigenvalue weighted by Crippen LogP contribution is -2.02. The molecule has 1 heterocycles. The highest BCUT2D eigenvalue weighted by Gasteiger charge is 2.22. The number of para-hydroxylation sites is 1. The maximum atomic E-state index is 12.0. The molecule has 1 aromatic carbocycles. The number of nitro benzene ring substituents is 1. The van der Waals surface area contributed by atoms with E-state index in [0.717, 1.165) is 12.1 Å². The van der Waals surface area contributed by atoms with Crippen molar-refractivity contribution < 1.29 is 17.9 Å². The third-order valence-corrected chi connectivity index (χ3v) is 3.50. The van der Waals surface area contributed by atoms with Crippen LogP contribution in [0.1, 0.15) is 5.76 Å². The lowest BCUT2D eigenvalue weighted by atomic mass is 10.3. The molecule has 0 aliphatic carbocycles. The predicted molar refractivity (Wildman–Crippen MR) is 64.5 cm³/mol. The molecule has 0 bridgehead atoms. The van der Waals surface area contributed by atoms with Crippen molar-refractivity contribution in [1.29, 1.82) is 0 Å². The van der Waals surface area contributed by atoms with Gasteiger partial charge in [0.1, 0.15) is 10.7 Å². The number of rotatable bonds is 4. The van der Waals surface area contributed by atoms with E-state index in [1.54, 1.807) is 6.92 Å². The highest BCUT2D eigenvalue weighted by Crippen LogP contribution is 2.31. The molecule has 0 spiro atoms. The van der Waals surface area contributed by atoms with Crippen LogP contribution in [0, 0.1) is 17.0 Å². The second-order valence-corrected chi connectivity index (χ2v) is 5.16. The van der Waals surface area contributed by atoms with Gasteiger partial charge < -0.3 is 9.25 Å². The molecule has 0 atom stereocenters. The molecule has 9 heteroatoms. The molecule has 0 aliphatic rings. The summed E-state index contributed by atoms with van der Waals surface area (Å²) < 4.78 is 32.0. The standard InChI is InChI=1S/C10H8N3O5S/c1-7-6-10(11-18-7)12-19(16,17)9-5-3-2-4-8(9)13(14)15/h2-6H,1H3/q-1. The fourth-order valence-electron chi connectivity index (χ4n) is 1.39. The van der Waals surface area contributed by atoms with Crippen molar-refractivity contribution in [2.24, 2.45) is 0 Å². The number of nitrogens with zero attached hydrogens (tertiary/aromatic N) is 3. The lowest BCUT2D eigenvalue weighted by Gasteiger charge is -2.11. The Morgan fingerprint density at radius 2 is 2.05 bits per heavy atom. The zero-order chi connectivity index (χ0) is 14.0. The molecule has 19 heavy (non-hydrogen) atoms. The van der Waals surface area contributed by atoms with Gasteiger partial charge in [-0.15, -0.1) is 0 Å². The van der Waals surface area contributed by atoms with Crippen molar-refractivity contribution in [3.8, 4) is 0 Å². The Bertz CT molecular complexity index is 722. The van der Waals surface area contributed by atoms with Gasteiger partial charge in [0.05, 0.1) is 4.92 Å². The van der Waals surface area contributed by atoms with Gasteiger partial charge in [0, 0.05) is 6.07 Å². The maximum absolute atomic E-state index is 12.0. The molecular weight excluding hydrogens is 274 g/mol. The van der Waals surface area contributed by atoms with Crippen LogP contribution in [0.2, 0.25) is 0 Å². The van der Waals surface area contributed by atoms with Crippen molar-refractivity contribution in [2.75, 3.05) is 0 Å². The third kappa shape index (κ3) is 2.71. The van der Waals surface area contributed by atoms with Gasteiger partial charge in [-0.3, -0.25) is 15.3 Å². The van der Waals surface area contributed by atoms with Gasteiger partial charge in [-0.05, 0) is 24.9 Å². The zero-order valence-electron chi connectivity index (χ0n) is 9.68. The van der Waals surface area contributed by atoms with E-state index in [1.807, 2.05) is 0 Å². The summed E-state index contributed by atoms with van der Waals surface area (Å²) in [5.74, 6) is 0.229. The van der Waals surface area contributed by atoms with Crippen molar-refractivity contribution in [3.63, 3.8) is 0 Å². The molecule has 0 saturated heterocycles. The largest absolute Gasteiger partial charge is 0.460 e. The first kappa shape index (κ1) is 13.0. The Kier molecular flexibility index (Phi) is 3.21. The van der Waals surface area contributed by atoms with Crippen LogP contribution >= 0.6 is 0 Å². The van der Waals surface area contributed by atoms with Crippen LogP contribution in [-0.2, 0) is 10.0 Å². The van der Waals surface area contributed by atoms with Crippen LogP contribution in [0.3, 0.4) is 0 Å². The van der Waals surface area contributed by atoms with E-state index in [9.17, 15) is 18.5 Å². The quantitative estimate of drug-likeness (QED) is 0.627. The molecule has 0 unspecified atom stereocenters. The number of aromatic nitrogens is 1. The predicted octanol–water partition coefficient (Wildman–Crippen LogP) is 2.29. The molecule has 2 rings (SSSR count). The van der Waals surface area contributed by atoms with Crippen LogP contribution in [0.25, 0.3) is 4.72 Å². The molecule has 1 aromatic heterocycles. The van der Waals surface area contributed by atoms with E-state index in [4.69, 9.17) is 0 Å². The molecule has 0 saturated carbocycles. The normalized spacial score (nSPS) is 11.2. The van der Waals surface area contributed by atoms with Gasteiger partial charge in [-0.1, -0.05) is 12.1 Å². The van der Waals surface area contributed by atoms with Crippen molar-refractivity contribution in [3.05, 3.63) is 50.9 Å². The van der Waals surface area contributed by atoms with E-state index in [2.05, 4.69) is 14.4 Å². The van der Waals surface area contributed by atoms with E-state index in [0.29, 0.717) is 5.76 Å². The number of benzene rings is 1. The van der Waals surface area contributed by atoms with E-state index >= 15 is 0 Å². The summed E-state index contributed by atoms with van der Waals surface area (Å²) in [7, 11) is -4.21. The number of aryl methyl sites for hydroxylation is 1. The number of sulfonamides is 1. The monoisotopic (exact) mass is 282 g/mol. The molecule has 0 radical (unpaired) electrons. The van der Waals surface area contributed by atoms with Crippen molar-refractivity contribution in [2.45, 2.75) is 11.8 Å². The van der Waals surface area contributed by atoms with Crippen LogP contribution in [0.15, 0.2) is 39.8 Å². The second-order valence-electron chi connectivity index (χ2n) is 3.59. The first-order valence-electron chi connectivity index (χ1n) is 5.05. The highest BCUT2D eigenvalue weighted by atomic mass is 32.2. The molecular formula is C10H8N3O5S-. The Hall–Kier alpha value is -2.42. The molecule has 0 aliphatic heterocycles. The maximum Gasteiger partial charge on any atom is 0.288 e.